The number of halogens is 2. The van der Waals surface area contributed by atoms with E-state index in [1.54, 1.807) is 18.2 Å². The van der Waals surface area contributed by atoms with E-state index in [-0.39, 0.29) is 17.6 Å². The van der Waals surface area contributed by atoms with Gasteiger partial charge in [-0.3, -0.25) is 14.9 Å². The summed E-state index contributed by atoms with van der Waals surface area (Å²) in [6.07, 6.45) is 0.952. The quantitative estimate of drug-likeness (QED) is 0.323. The second kappa shape index (κ2) is 10.2. The average molecular weight is 512 g/mol. The normalized spacial score (nSPS) is 10.6. The van der Waals surface area contributed by atoms with Gasteiger partial charge in [0.25, 0.3) is 5.91 Å². The molecule has 0 bridgehead atoms. The van der Waals surface area contributed by atoms with Crippen molar-refractivity contribution in [3.63, 3.8) is 0 Å². The fourth-order valence-corrected chi connectivity index (χ4v) is 4.41. The van der Waals surface area contributed by atoms with E-state index in [1.165, 1.54) is 28.7 Å². The summed E-state index contributed by atoms with van der Waals surface area (Å²) < 4.78 is 1.33. The molecule has 0 saturated heterocycles. The zero-order valence-electron chi connectivity index (χ0n) is 15.2. The van der Waals surface area contributed by atoms with Gasteiger partial charge < -0.3 is 5.32 Å². The topological polar surface area (TPSA) is 84.0 Å². The minimum atomic E-state index is -0.378. The molecule has 3 aromatic rings. The first-order valence-electron chi connectivity index (χ1n) is 8.56. The zero-order chi connectivity index (χ0) is 20.8. The summed E-state index contributed by atoms with van der Waals surface area (Å²) in [6, 6.07) is 12.8. The molecule has 29 heavy (non-hydrogen) atoms. The number of nitrogens with zero attached hydrogens (tertiary/aromatic N) is 2. The summed E-state index contributed by atoms with van der Waals surface area (Å²) in [4.78, 5) is 24.5. The van der Waals surface area contributed by atoms with Crippen molar-refractivity contribution >= 4 is 73.3 Å². The largest absolute Gasteiger partial charge is 0.325 e. The summed E-state index contributed by atoms with van der Waals surface area (Å²) in [5.74, 6) is -0.325. The van der Waals surface area contributed by atoms with Gasteiger partial charge in [0, 0.05) is 10.2 Å². The Morgan fingerprint density at radius 2 is 1.90 bits per heavy atom. The highest BCUT2D eigenvalue weighted by Crippen LogP contribution is 2.27. The van der Waals surface area contributed by atoms with Crippen LogP contribution in [0.1, 0.15) is 22.8 Å². The van der Waals surface area contributed by atoms with E-state index >= 15 is 0 Å². The van der Waals surface area contributed by atoms with Crippen molar-refractivity contribution < 1.29 is 9.59 Å². The van der Waals surface area contributed by atoms with Crippen molar-refractivity contribution in [3.8, 4) is 0 Å². The first kappa shape index (κ1) is 21.8. The van der Waals surface area contributed by atoms with Gasteiger partial charge in [0.15, 0.2) is 4.34 Å². The third-order valence-electron chi connectivity index (χ3n) is 3.77. The maximum absolute atomic E-state index is 12.4. The lowest BCUT2D eigenvalue weighted by Crippen LogP contribution is -2.13. The molecule has 2 aromatic carbocycles. The number of carbonyl (C=O) groups is 2. The van der Waals surface area contributed by atoms with E-state index in [1.807, 2.05) is 24.3 Å². The molecule has 10 heteroatoms. The van der Waals surface area contributed by atoms with Gasteiger partial charge in [-0.2, -0.15) is 0 Å². The number of hydrogen-bond acceptors (Lipinski definition) is 6. The number of thioether (sulfide) groups is 1. The van der Waals surface area contributed by atoms with Gasteiger partial charge in [-0.25, -0.2) is 0 Å². The Balaban J connectivity index is 1.52. The van der Waals surface area contributed by atoms with E-state index in [9.17, 15) is 9.59 Å². The molecular weight excluding hydrogens is 496 g/mol. The third-order valence-corrected chi connectivity index (χ3v) is 6.57. The fourth-order valence-electron chi connectivity index (χ4n) is 2.30. The molecule has 0 aliphatic heterocycles. The second-order valence-electron chi connectivity index (χ2n) is 5.84. The van der Waals surface area contributed by atoms with Crippen LogP contribution in [0.4, 0.5) is 10.8 Å². The molecule has 0 fully saturated rings. The van der Waals surface area contributed by atoms with Crippen molar-refractivity contribution in [2.75, 3.05) is 16.4 Å². The summed E-state index contributed by atoms with van der Waals surface area (Å²) in [5.41, 5.74) is 2.30. The summed E-state index contributed by atoms with van der Waals surface area (Å²) >= 11 is 11.8. The van der Waals surface area contributed by atoms with E-state index in [2.05, 4.69) is 43.7 Å². The van der Waals surface area contributed by atoms with Gasteiger partial charge in [-0.15, -0.1) is 10.2 Å². The maximum atomic E-state index is 12.4. The molecular formula is C19H16BrClN4O2S2. The van der Waals surface area contributed by atoms with E-state index in [0.29, 0.717) is 20.1 Å². The Labute approximate surface area is 189 Å². The third kappa shape index (κ3) is 6.27. The number of carbonyl (C=O) groups excluding carboxylic acids is 2. The lowest BCUT2D eigenvalue weighted by molar-refractivity contribution is -0.113. The first-order valence-corrected chi connectivity index (χ1v) is 11.5. The number of aryl methyl sites for hydroxylation is 1. The number of rotatable bonds is 7. The molecule has 6 nitrogen and oxygen atoms in total. The molecule has 0 saturated carbocycles. The van der Waals surface area contributed by atoms with Gasteiger partial charge >= 0.3 is 0 Å². The fraction of sp³-hybridized carbons (Fsp3) is 0.158. The number of nitrogens with one attached hydrogen (secondary N) is 2. The molecule has 0 aliphatic rings. The second-order valence-corrected chi connectivity index (χ2v) is 9.36. The van der Waals surface area contributed by atoms with Crippen LogP contribution in [0.5, 0.6) is 0 Å². The maximum Gasteiger partial charge on any atom is 0.259 e. The average Bonchev–Trinajstić information content (AvgIpc) is 3.16. The molecule has 0 atom stereocenters. The van der Waals surface area contributed by atoms with Crippen LogP contribution in [0.25, 0.3) is 0 Å². The van der Waals surface area contributed by atoms with E-state index in [0.717, 1.165) is 16.6 Å². The molecule has 0 unspecified atom stereocenters. The Bertz CT molecular complexity index is 1030. The molecule has 2 amide bonds. The van der Waals surface area contributed by atoms with Crippen LogP contribution in [-0.4, -0.2) is 27.8 Å². The Hall–Kier alpha value is -1.94. The minimum absolute atomic E-state index is 0.138. The first-order chi connectivity index (χ1) is 13.9. The van der Waals surface area contributed by atoms with Crippen LogP contribution in [0.15, 0.2) is 51.3 Å². The molecule has 0 aliphatic carbocycles. The van der Waals surface area contributed by atoms with Crippen molar-refractivity contribution in [1.82, 2.24) is 10.2 Å². The molecule has 1 aromatic heterocycles. The summed E-state index contributed by atoms with van der Waals surface area (Å²) in [5, 5.41) is 14.1. The standard InChI is InChI=1S/C19H16BrClN4O2S2/c1-2-11-3-6-13(7-4-11)22-16(26)10-28-19-25-24-18(29-19)23-17(27)14-9-12(20)5-8-15(14)21/h3-9H,2,10H2,1H3,(H,22,26)(H,23,24,27). The van der Waals surface area contributed by atoms with Crippen LogP contribution < -0.4 is 10.6 Å². The highest BCUT2D eigenvalue weighted by Gasteiger charge is 2.14. The van der Waals surface area contributed by atoms with Crippen LogP contribution in [-0.2, 0) is 11.2 Å². The van der Waals surface area contributed by atoms with Crippen molar-refractivity contribution in [1.29, 1.82) is 0 Å². The number of hydrogen-bond donors (Lipinski definition) is 2. The minimum Gasteiger partial charge on any atom is -0.325 e. The molecule has 1 heterocycles. The van der Waals surface area contributed by atoms with Crippen LogP contribution >= 0.6 is 50.6 Å². The van der Waals surface area contributed by atoms with Crippen molar-refractivity contribution in [3.05, 3.63) is 63.1 Å². The SMILES string of the molecule is CCc1ccc(NC(=O)CSc2nnc(NC(=O)c3cc(Br)ccc3Cl)s2)cc1. The lowest BCUT2D eigenvalue weighted by Gasteiger charge is -2.05. The predicted molar refractivity (Wildman–Crippen MR) is 122 cm³/mol. The van der Waals surface area contributed by atoms with E-state index in [4.69, 9.17) is 11.6 Å². The van der Waals surface area contributed by atoms with Crippen molar-refractivity contribution in [2.24, 2.45) is 0 Å². The van der Waals surface area contributed by atoms with Crippen LogP contribution in [0.2, 0.25) is 5.02 Å². The molecule has 0 radical (unpaired) electrons. The Kier molecular flexibility index (Phi) is 7.65. The molecule has 2 N–H and O–H groups in total. The zero-order valence-corrected chi connectivity index (χ0v) is 19.2. The molecule has 150 valence electrons. The predicted octanol–water partition coefficient (Wildman–Crippen LogP) is 5.50. The summed E-state index contributed by atoms with van der Waals surface area (Å²) in [7, 11) is 0. The van der Waals surface area contributed by atoms with Crippen LogP contribution in [0, 0.1) is 0 Å². The van der Waals surface area contributed by atoms with Crippen LogP contribution in [0.3, 0.4) is 0 Å². The number of benzene rings is 2. The van der Waals surface area contributed by atoms with Gasteiger partial charge in [0.05, 0.1) is 16.3 Å². The van der Waals surface area contributed by atoms with Gasteiger partial charge in [-0.1, -0.05) is 69.7 Å². The molecule has 0 spiro atoms. The number of amides is 2. The van der Waals surface area contributed by atoms with Crippen molar-refractivity contribution in [2.45, 2.75) is 17.7 Å². The van der Waals surface area contributed by atoms with Gasteiger partial charge in [0.2, 0.25) is 11.0 Å². The number of aromatic nitrogens is 2. The van der Waals surface area contributed by atoms with E-state index < -0.39 is 0 Å². The monoisotopic (exact) mass is 510 g/mol. The molecule has 3 rings (SSSR count). The lowest BCUT2D eigenvalue weighted by atomic mass is 10.1. The Morgan fingerprint density at radius 3 is 2.62 bits per heavy atom. The number of anilines is 2. The summed E-state index contributed by atoms with van der Waals surface area (Å²) in [6.45, 7) is 2.08. The highest BCUT2D eigenvalue weighted by atomic mass is 79.9. The highest BCUT2D eigenvalue weighted by molar-refractivity contribution is 9.10. The Morgan fingerprint density at radius 1 is 1.14 bits per heavy atom. The van der Waals surface area contributed by atoms with Gasteiger partial charge in [0.1, 0.15) is 0 Å². The van der Waals surface area contributed by atoms with Gasteiger partial charge in [-0.05, 0) is 42.3 Å². The smallest absolute Gasteiger partial charge is 0.259 e.